The van der Waals surface area contributed by atoms with Gasteiger partial charge in [0.1, 0.15) is 11.4 Å². The number of hydrogen-bond acceptors (Lipinski definition) is 3. The van der Waals surface area contributed by atoms with Crippen molar-refractivity contribution in [3.63, 3.8) is 0 Å². The van der Waals surface area contributed by atoms with Crippen LogP contribution >= 0.6 is 0 Å². The van der Waals surface area contributed by atoms with Crippen LogP contribution in [0.15, 0.2) is 59.5 Å². The van der Waals surface area contributed by atoms with Crippen LogP contribution < -0.4 is 10.9 Å². The van der Waals surface area contributed by atoms with Crippen LogP contribution in [0.2, 0.25) is 0 Å². The van der Waals surface area contributed by atoms with Gasteiger partial charge in [-0.15, -0.1) is 0 Å². The average molecular weight is 418 g/mol. The number of Topliss-reactive ketones (excluding diaryl/α,β-unsaturated/α-hetero) is 1. The molecule has 1 heterocycles. The van der Waals surface area contributed by atoms with Gasteiger partial charge in [0.25, 0.3) is 11.5 Å². The Balaban J connectivity index is 1.92. The molecule has 0 atom stereocenters. The molecule has 3 aromatic rings. The lowest BCUT2D eigenvalue weighted by Crippen LogP contribution is -2.37. The summed E-state index contributed by atoms with van der Waals surface area (Å²) in [7, 11) is 0. The van der Waals surface area contributed by atoms with Crippen molar-refractivity contribution in [1.82, 2.24) is 4.57 Å². The number of fused-ring (bicyclic) bond motifs is 1. The maximum Gasteiger partial charge on any atom is 0.268 e. The Labute approximate surface area is 179 Å². The molecule has 1 N–H and O–H groups in total. The summed E-state index contributed by atoms with van der Waals surface area (Å²) >= 11 is 0. The molecular formula is C25H23FN2O3. The van der Waals surface area contributed by atoms with Gasteiger partial charge in [-0.2, -0.15) is 0 Å². The molecule has 0 bridgehead atoms. The highest BCUT2D eigenvalue weighted by Crippen LogP contribution is 2.36. The summed E-state index contributed by atoms with van der Waals surface area (Å²) in [5.41, 5.74) is 1.71. The van der Waals surface area contributed by atoms with Gasteiger partial charge in [-0.05, 0) is 60.2 Å². The van der Waals surface area contributed by atoms with E-state index < -0.39 is 17.3 Å². The second kappa shape index (κ2) is 7.61. The Hall–Kier alpha value is -3.54. The summed E-state index contributed by atoms with van der Waals surface area (Å²) < 4.78 is 14.7. The average Bonchev–Trinajstić information content (AvgIpc) is 2.69. The Morgan fingerprint density at radius 1 is 1.03 bits per heavy atom. The van der Waals surface area contributed by atoms with E-state index in [-0.39, 0.29) is 16.8 Å². The number of halogens is 1. The maximum absolute atomic E-state index is 13.5. The molecule has 0 saturated carbocycles. The SMILES string of the molecule is Cc1ccccc1NC(=O)c1c2c(cn(-c3ccc(F)cc3)c1=O)C(=O)CC(C)(C)C2. The van der Waals surface area contributed by atoms with Crippen LogP contribution in [-0.4, -0.2) is 16.3 Å². The number of nitrogens with zero attached hydrogens (tertiary/aromatic N) is 1. The number of para-hydroxylation sites is 1. The van der Waals surface area contributed by atoms with E-state index in [9.17, 15) is 18.8 Å². The predicted molar refractivity (Wildman–Crippen MR) is 118 cm³/mol. The van der Waals surface area contributed by atoms with Gasteiger partial charge in [-0.1, -0.05) is 32.0 Å². The van der Waals surface area contributed by atoms with Crippen molar-refractivity contribution in [2.75, 3.05) is 5.32 Å². The van der Waals surface area contributed by atoms with Crippen molar-refractivity contribution in [3.05, 3.63) is 93.2 Å². The molecular weight excluding hydrogens is 395 g/mol. The van der Waals surface area contributed by atoms with E-state index in [1.165, 1.54) is 35.0 Å². The first kappa shape index (κ1) is 20.7. The minimum atomic E-state index is -0.558. The van der Waals surface area contributed by atoms with E-state index in [0.717, 1.165) is 5.56 Å². The highest BCUT2D eigenvalue weighted by molar-refractivity contribution is 6.09. The number of carbonyl (C=O) groups excluding carboxylic acids is 2. The number of aryl methyl sites for hydroxylation is 1. The van der Waals surface area contributed by atoms with Crippen molar-refractivity contribution >= 4 is 17.4 Å². The lowest BCUT2D eigenvalue weighted by Gasteiger charge is -2.31. The number of rotatable bonds is 3. The Kier molecular flexibility index (Phi) is 5.09. The van der Waals surface area contributed by atoms with E-state index in [1.54, 1.807) is 12.1 Å². The molecule has 0 spiro atoms. The summed E-state index contributed by atoms with van der Waals surface area (Å²) in [6, 6.07) is 12.6. The van der Waals surface area contributed by atoms with Crippen LogP contribution in [0.5, 0.6) is 0 Å². The molecule has 1 amide bonds. The third kappa shape index (κ3) is 3.93. The Bertz CT molecular complexity index is 1260. The number of benzene rings is 2. The smallest absolute Gasteiger partial charge is 0.268 e. The van der Waals surface area contributed by atoms with Gasteiger partial charge >= 0.3 is 0 Å². The quantitative estimate of drug-likeness (QED) is 0.671. The molecule has 6 heteroatoms. The van der Waals surface area contributed by atoms with Crippen LogP contribution in [0.1, 0.15) is 52.1 Å². The number of ketones is 1. The van der Waals surface area contributed by atoms with Gasteiger partial charge in [0.05, 0.1) is 0 Å². The third-order valence-electron chi connectivity index (χ3n) is 5.64. The summed E-state index contributed by atoms with van der Waals surface area (Å²) in [5, 5.41) is 2.82. The number of aromatic nitrogens is 1. The van der Waals surface area contributed by atoms with E-state index in [1.807, 2.05) is 32.9 Å². The second-order valence-electron chi connectivity index (χ2n) is 8.76. The fourth-order valence-corrected chi connectivity index (χ4v) is 4.07. The van der Waals surface area contributed by atoms with Crippen molar-refractivity contribution in [3.8, 4) is 5.69 Å². The fourth-order valence-electron chi connectivity index (χ4n) is 4.07. The molecule has 0 saturated heterocycles. The lowest BCUT2D eigenvalue weighted by atomic mass is 9.73. The van der Waals surface area contributed by atoms with Crippen LogP contribution in [-0.2, 0) is 6.42 Å². The molecule has 0 radical (unpaired) electrons. The number of anilines is 1. The molecule has 1 aliphatic rings. The molecule has 1 aromatic heterocycles. The van der Waals surface area contributed by atoms with Crippen molar-refractivity contribution < 1.29 is 14.0 Å². The highest BCUT2D eigenvalue weighted by atomic mass is 19.1. The molecule has 5 nitrogen and oxygen atoms in total. The van der Waals surface area contributed by atoms with Crippen LogP contribution in [0.25, 0.3) is 5.69 Å². The maximum atomic E-state index is 13.5. The van der Waals surface area contributed by atoms with Crippen LogP contribution in [0.4, 0.5) is 10.1 Å². The molecule has 158 valence electrons. The number of hydrogen-bond donors (Lipinski definition) is 1. The van der Waals surface area contributed by atoms with Crippen molar-refractivity contribution in [1.29, 1.82) is 0 Å². The van der Waals surface area contributed by atoms with Crippen molar-refractivity contribution in [2.45, 2.75) is 33.6 Å². The van der Waals surface area contributed by atoms with Crippen molar-refractivity contribution in [2.24, 2.45) is 5.41 Å². The first-order chi connectivity index (χ1) is 14.7. The van der Waals surface area contributed by atoms with E-state index in [0.29, 0.717) is 35.3 Å². The minimum Gasteiger partial charge on any atom is -0.322 e. The molecule has 31 heavy (non-hydrogen) atoms. The first-order valence-corrected chi connectivity index (χ1v) is 10.1. The summed E-state index contributed by atoms with van der Waals surface area (Å²) in [5.74, 6) is -1.12. The van der Waals surface area contributed by atoms with Gasteiger partial charge in [0.15, 0.2) is 5.78 Å². The van der Waals surface area contributed by atoms with Gasteiger partial charge in [0, 0.05) is 29.6 Å². The number of pyridine rings is 1. The zero-order valence-electron chi connectivity index (χ0n) is 17.7. The number of amides is 1. The van der Waals surface area contributed by atoms with E-state index in [2.05, 4.69) is 5.32 Å². The number of nitrogens with one attached hydrogen (secondary N) is 1. The third-order valence-corrected chi connectivity index (χ3v) is 5.64. The van der Waals surface area contributed by atoms with E-state index in [4.69, 9.17) is 0 Å². The zero-order valence-corrected chi connectivity index (χ0v) is 17.7. The van der Waals surface area contributed by atoms with E-state index >= 15 is 0 Å². The molecule has 1 aliphatic carbocycles. The molecule has 4 rings (SSSR count). The van der Waals surface area contributed by atoms with Gasteiger partial charge in [-0.3, -0.25) is 19.0 Å². The standard InChI is InChI=1S/C25H23FN2O3/c1-15-6-4-5-7-20(15)27-23(30)22-18-12-25(2,3)13-21(29)19(18)14-28(24(22)31)17-10-8-16(26)9-11-17/h4-11,14H,12-13H2,1-3H3,(H,27,30). The monoisotopic (exact) mass is 418 g/mol. The molecule has 0 unspecified atom stereocenters. The van der Waals surface area contributed by atoms with Crippen LogP contribution in [0, 0.1) is 18.2 Å². The molecule has 2 aromatic carbocycles. The first-order valence-electron chi connectivity index (χ1n) is 10.1. The van der Waals surface area contributed by atoms with Gasteiger partial charge in [-0.25, -0.2) is 4.39 Å². The van der Waals surface area contributed by atoms with Gasteiger partial charge in [0.2, 0.25) is 0 Å². The predicted octanol–water partition coefficient (Wildman–Crippen LogP) is 4.69. The van der Waals surface area contributed by atoms with Gasteiger partial charge < -0.3 is 5.32 Å². The Morgan fingerprint density at radius 2 is 1.71 bits per heavy atom. The Morgan fingerprint density at radius 3 is 2.39 bits per heavy atom. The summed E-state index contributed by atoms with van der Waals surface area (Å²) in [4.78, 5) is 39.7. The molecule has 0 aliphatic heterocycles. The highest BCUT2D eigenvalue weighted by Gasteiger charge is 2.36. The largest absolute Gasteiger partial charge is 0.322 e. The second-order valence-corrected chi connectivity index (χ2v) is 8.76. The lowest BCUT2D eigenvalue weighted by molar-refractivity contribution is 0.0910. The zero-order chi connectivity index (χ0) is 22.3. The summed E-state index contributed by atoms with van der Waals surface area (Å²) in [6.07, 6.45) is 2.23. The normalized spacial score (nSPS) is 14.8. The summed E-state index contributed by atoms with van der Waals surface area (Å²) in [6.45, 7) is 5.75. The van der Waals surface area contributed by atoms with Crippen LogP contribution in [0.3, 0.4) is 0 Å². The molecule has 0 fully saturated rings. The number of carbonyl (C=O) groups is 2. The topological polar surface area (TPSA) is 68.2 Å². The minimum absolute atomic E-state index is 0.0498. The fraction of sp³-hybridized carbons (Fsp3) is 0.240.